The molecular weight excluding hydrogens is 256 g/mol. The molecule has 0 aliphatic carbocycles. The molecule has 0 aliphatic rings. The van der Waals surface area contributed by atoms with Crippen molar-refractivity contribution in [2.75, 3.05) is 6.61 Å². The van der Waals surface area contributed by atoms with Crippen LogP contribution >= 0.6 is 0 Å². The first-order valence-electron chi connectivity index (χ1n) is 4.98. The monoisotopic (exact) mass is 266 g/mol. The first-order chi connectivity index (χ1) is 8.28. The van der Waals surface area contributed by atoms with Gasteiger partial charge in [0.05, 0.1) is 0 Å². The van der Waals surface area contributed by atoms with Crippen LogP contribution in [0.4, 0.5) is 17.6 Å². The van der Waals surface area contributed by atoms with Gasteiger partial charge in [-0.25, -0.2) is 4.39 Å². The van der Waals surface area contributed by atoms with Crippen molar-refractivity contribution in [1.29, 1.82) is 0 Å². The summed E-state index contributed by atoms with van der Waals surface area (Å²) in [5.41, 5.74) is 0.384. The molecule has 1 N–H and O–H groups in total. The Hall–Kier alpha value is -1.79. The summed E-state index contributed by atoms with van der Waals surface area (Å²) in [7, 11) is 0. The summed E-state index contributed by atoms with van der Waals surface area (Å²) in [6.45, 7) is -1.57. The Labute approximate surface area is 100.0 Å². The van der Waals surface area contributed by atoms with Gasteiger partial charge < -0.3 is 9.84 Å². The van der Waals surface area contributed by atoms with E-state index in [9.17, 15) is 22.4 Å². The molecule has 0 fully saturated rings. The van der Waals surface area contributed by atoms with Gasteiger partial charge in [0, 0.05) is 6.42 Å². The molecule has 18 heavy (non-hydrogen) atoms. The molecule has 0 atom stereocenters. The molecule has 1 aromatic carbocycles. The Balaban J connectivity index is 2.65. The smallest absolute Gasteiger partial charge is 0.422 e. The molecule has 3 nitrogen and oxygen atoms in total. The zero-order chi connectivity index (χ0) is 13.8. The highest BCUT2D eigenvalue weighted by atomic mass is 19.4. The number of ether oxygens (including phenoxy) is 1. The number of alkyl halides is 3. The van der Waals surface area contributed by atoms with Crippen LogP contribution < -0.4 is 4.74 Å². The minimum Gasteiger partial charge on any atom is -0.481 e. The highest BCUT2D eigenvalue weighted by molar-refractivity contribution is 5.67. The lowest BCUT2D eigenvalue weighted by Gasteiger charge is -2.10. The number of hydrogen-bond donors (Lipinski definition) is 1. The minimum atomic E-state index is -4.53. The Morgan fingerprint density at radius 1 is 1.33 bits per heavy atom. The molecule has 1 rings (SSSR count). The van der Waals surface area contributed by atoms with E-state index in [4.69, 9.17) is 5.11 Å². The third-order valence-electron chi connectivity index (χ3n) is 2.02. The molecule has 7 heteroatoms. The van der Waals surface area contributed by atoms with Gasteiger partial charge in [0.15, 0.2) is 18.2 Å². The molecule has 0 aromatic heterocycles. The van der Waals surface area contributed by atoms with Gasteiger partial charge in [0.2, 0.25) is 0 Å². The number of carboxylic acids is 1. The first-order valence-corrected chi connectivity index (χ1v) is 4.98. The number of carboxylic acid groups (broad SMARTS) is 1. The van der Waals surface area contributed by atoms with Crippen molar-refractivity contribution in [2.45, 2.75) is 19.0 Å². The van der Waals surface area contributed by atoms with Crippen molar-refractivity contribution in [2.24, 2.45) is 0 Å². The standard InChI is InChI=1S/C11H10F4O3/c12-8-5-7(2-4-10(16)17)1-3-9(8)18-6-11(13,14)15/h1,3,5H,2,4,6H2,(H,16,17). The van der Waals surface area contributed by atoms with Gasteiger partial charge in [-0.1, -0.05) is 6.07 Å². The normalized spacial score (nSPS) is 11.3. The fraction of sp³-hybridized carbons (Fsp3) is 0.364. The van der Waals surface area contributed by atoms with Crippen molar-refractivity contribution in [3.63, 3.8) is 0 Å². The number of hydrogen-bond acceptors (Lipinski definition) is 2. The molecule has 0 saturated heterocycles. The Kier molecular flexibility index (Phi) is 4.52. The van der Waals surface area contributed by atoms with E-state index < -0.39 is 30.3 Å². The highest BCUT2D eigenvalue weighted by Crippen LogP contribution is 2.22. The van der Waals surface area contributed by atoms with Crippen LogP contribution in [0.25, 0.3) is 0 Å². The predicted octanol–water partition coefficient (Wildman–Crippen LogP) is 2.78. The average Bonchev–Trinajstić information content (AvgIpc) is 2.23. The van der Waals surface area contributed by atoms with Gasteiger partial charge in [-0.15, -0.1) is 0 Å². The molecule has 0 saturated carbocycles. The van der Waals surface area contributed by atoms with Crippen LogP contribution in [0.3, 0.4) is 0 Å². The second-order valence-corrected chi connectivity index (χ2v) is 3.56. The van der Waals surface area contributed by atoms with Crippen LogP contribution in [-0.2, 0) is 11.2 Å². The van der Waals surface area contributed by atoms with Crippen LogP contribution in [0, 0.1) is 5.82 Å². The first kappa shape index (κ1) is 14.3. The van der Waals surface area contributed by atoms with Gasteiger partial charge in [0.1, 0.15) is 0 Å². The van der Waals surface area contributed by atoms with Crippen LogP contribution in [-0.4, -0.2) is 23.9 Å². The van der Waals surface area contributed by atoms with E-state index in [1.54, 1.807) is 0 Å². The fourth-order valence-corrected chi connectivity index (χ4v) is 1.23. The van der Waals surface area contributed by atoms with Gasteiger partial charge in [0.25, 0.3) is 0 Å². The number of benzene rings is 1. The number of carbonyl (C=O) groups is 1. The van der Waals surface area contributed by atoms with Crippen molar-refractivity contribution < 1.29 is 32.2 Å². The molecule has 1 aromatic rings. The lowest BCUT2D eigenvalue weighted by atomic mass is 10.1. The quantitative estimate of drug-likeness (QED) is 0.833. The van der Waals surface area contributed by atoms with E-state index in [0.717, 1.165) is 12.1 Å². The van der Waals surface area contributed by atoms with Crippen LogP contribution in [0.2, 0.25) is 0 Å². The van der Waals surface area contributed by atoms with Crippen LogP contribution in [0.5, 0.6) is 5.75 Å². The maximum atomic E-state index is 13.3. The fourth-order valence-electron chi connectivity index (χ4n) is 1.23. The topological polar surface area (TPSA) is 46.5 Å². The minimum absolute atomic E-state index is 0.103. The lowest BCUT2D eigenvalue weighted by molar-refractivity contribution is -0.153. The van der Waals surface area contributed by atoms with E-state index in [-0.39, 0.29) is 12.8 Å². The number of rotatable bonds is 5. The predicted molar refractivity (Wildman–Crippen MR) is 53.9 cm³/mol. The van der Waals surface area contributed by atoms with Crippen molar-refractivity contribution in [1.82, 2.24) is 0 Å². The van der Waals surface area contributed by atoms with Gasteiger partial charge in [-0.05, 0) is 24.1 Å². The second-order valence-electron chi connectivity index (χ2n) is 3.56. The van der Waals surface area contributed by atoms with Gasteiger partial charge >= 0.3 is 12.1 Å². The lowest BCUT2D eigenvalue weighted by Crippen LogP contribution is -2.19. The summed E-state index contributed by atoms with van der Waals surface area (Å²) in [6.07, 6.45) is -4.61. The third kappa shape index (κ3) is 5.03. The van der Waals surface area contributed by atoms with E-state index in [1.165, 1.54) is 6.07 Å². The highest BCUT2D eigenvalue weighted by Gasteiger charge is 2.28. The largest absolute Gasteiger partial charge is 0.481 e. The van der Waals surface area contributed by atoms with Crippen LogP contribution in [0.1, 0.15) is 12.0 Å². The van der Waals surface area contributed by atoms with E-state index in [0.29, 0.717) is 5.56 Å². The van der Waals surface area contributed by atoms with E-state index >= 15 is 0 Å². The molecule has 0 amide bonds. The summed E-state index contributed by atoms with van der Waals surface area (Å²) >= 11 is 0. The van der Waals surface area contributed by atoms with Gasteiger partial charge in [-0.3, -0.25) is 4.79 Å². The number of halogens is 4. The molecule has 0 radical (unpaired) electrons. The molecular formula is C11H10F4O3. The molecule has 0 unspecified atom stereocenters. The molecule has 100 valence electrons. The molecule has 0 bridgehead atoms. The Bertz CT molecular complexity index is 429. The number of aryl methyl sites for hydroxylation is 1. The van der Waals surface area contributed by atoms with Crippen molar-refractivity contribution in [3.8, 4) is 5.75 Å². The summed E-state index contributed by atoms with van der Waals surface area (Å²) in [5.74, 6) is -2.48. The summed E-state index contributed by atoms with van der Waals surface area (Å²) < 4.78 is 53.1. The summed E-state index contributed by atoms with van der Waals surface area (Å²) in [4.78, 5) is 10.3. The Morgan fingerprint density at radius 3 is 2.50 bits per heavy atom. The zero-order valence-electron chi connectivity index (χ0n) is 9.13. The Morgan fingerprint density at radius 2 is 2.00 bits per heavy atom. The molecule has 0 heterocycles. The van der Waals surface area contributed by atoms with Crippen LogP contribution in [0.15, 0.2) is 18.2 Å². The van der Waals surface area contributed by atoms with Gasteiger partial charge in [-0.2, -0.15) is 13.2 Å². The number of aliphatic carboxylic acids is 1. The average molecular weight is 266 g/mol. The maximum absolute atomic E-state index is 13.3. The summed E-state index contributed by atoms with van der Waals surface area (Å²) in [5, 5.41) is 8.43. The van der Waals surface area contributed by atoms with E-state index in [2.05, 4.69) is 4.74 Å². The maximum Gasteiger partial charge on any atom is 0.422 e. The third-order valence-corrected chi connectivity index (χ3v) is 2.02. The van der Waals surface area contributed by atoms with Crippen molar-refractivity contribution >= 4 is 5.97 Å². The second kappa shape index (κ2) is 5.70. The summed E-state index contributed by atoms with van der Waals surface area (Å²) in [6, 6.07) is 3.35. The molecule has 0 aliphatic heterocycles. The molecule has 0 spiro atoms. The SMILES string of the molecule is O=C(O)CCc1ccc(OCC(F)(F)F)c(F)c1. The van der Waals surface area contributed by atoms with Crippen molar-refractivity contribution in [3.05, 3.63) is 29.6 Å². The van der Waals surface area contributed by atoms with E-state index in [1.807, 2.05) is 0 Å². The zero-order valence-corrected chi connectivity index (χ0v) is 9.13.